The number of rotatable bonds is 4. The van der Waals surface area contributed by atoms with Crippen molar-refractivity contribution < 1.29 is 23.4 Å². The van der Waals surface area contributed by atoms with Crippen LogP contribution < -0.4 is 0 Å². The maximum absolute atomic E-state index is 13.0. The van der Waals surface area contributed by atoms with Crippen LogP contribution in [0, 0.1) is 5.82 Å². The van der Waals surface area contributed by atoms with E-state index in [4.69, 9.17) is 9.15 Å². The summed E-state index contributed by atoms with van der Waals surface area (Å²) in [5, 5.41) is 19.5. The van der Waals surface area contributed by atoms with Crippen molar-refractivity contribution in [1.29, 1.82) is 0 Å². The fraction of sp³-hybridized carbons (Fsp3) is 0.0952. The average molecular weight is 378 g/mol. The molecule has 1 aromatic heterocycles. The van der Waals surface area contributed by atoms with Crippen molar-refractivity contribution in [2.45, 2.75) is 13.0 Å². The van der Waals surface area contributed by atoms with E-state index >= 15 is 0 Å². The molecular weight excluding hydrogens is 363 g/mol. The first-order valence-electron chi connectivity index (χ1n) is 8.54. The van der Waals surface area contributed by atoms with Gasteiger partial charge in [-0.15, -0.1) is 10.2 Å². The molecule has 0 spiro atoms. The number of aromatic nitrogens is 2. The Kier molecular flexibility index (Phi) is 4.49. The number of hydrogen-bond acceptors (Lipinski definition) is 6. The van der Waals surface area contributed by atoms with Gasteiger partial charge in [0.25, 0.3) is 5.89 Å². The Balaban J connectivity index is 1.54. The molecule has 0 aliphatic rings. The lowest BCUT2D eigenvalue weighted by Crippen LogP contribution is -2.10. The zero-order chi connectivity index (χ0) is 19.7. The monoisotopic (exact) mass is 378 g/mol. The number of halogens is 1. The second-order valence-corrected chi connectivity index (χ2v) is 6.18. The minimum atomic E-state index is -0.833. The van der Waals surface area contributed by atoms with Gasteiger partial charge in [-0.25, -0.2) is 9.18 Å². The summed E-state index contributed by atoms with van der Waals surface area (Å²) in [6.45, 7) is 1.58. The van der Waals surface area contributed by atoms with Crippen molar-refractivity contribution in [1.82, 2.24) is 10.2 Å². The minimum Gasteiger partial charge on any atom is -0.506 e. The quantitative estimate of drug-likeness (QED) is 0.520. The van der Waals surface area contributed by atoms with Crippen LogP contribution in [0.2, 0.25) is 0 Å². The number of hydrogen-bond donors (Lipinski definition) is 1. The van der Waals surface area contributed by atoms with Crippen LogP contribution in [0.5, 0.6) is 5.75 Å². The summed E-state index contributed by atoms with van der Waals surface area (Å²) in [6, 6.07) is 16.0. The van der Waals surface area contributed by atoms with Gasteiger partial charge in [0, 0.05) is 10.9 Å². The number of benzene rings is 3. The Morgan fingerprint density at radius 2 is 1.82 bits per heavy atom. The van der Waals surface area contributed by atoms with Gasteiger partial charge in [-0.05, 0) is 42.6 Å². The second kappa shape index (κ2) is 7.11. The van der Waals surface area contributed by atoms with Crippen LogP contribution in [-0.2, 0) is 4.74 Å². The normalized spacial score (nSPS) is 12.1. The predicted molar refractivity (Wildman–Crippen MR) is 99.1 cm³/mol. The Hall–Kier alpha value is -3.74. The molecule has 0 fully saturated rings. The molecule has 0 bridgehead atoms. The highest BCUT2D eigenvalue weighted by Gasteiger charge is 2.22. The van der Waals surface area contributed by atoms with Gasteiger partial charge >= 0.3 is 5.97 Å². The SMILES string of the molecule is C[C@H](OC(=O)c1ccc2ccccc2c1O)c1nnc(-c2ccc(F)cc2)o1. The lowest BCUT2D eigenvalue weighted by molar-refractivity contribution is 0.0277. The fourth-order valence-corrected chi connectivity index (χ4v) is 2.80. The molecule has 3 aromatic carbocycles. The van der Waals surface area contributed by atoms with Crippen molar-refractivity contribution in [2.75, 3.05) is 0 Å². The third-order valence-electron chi connectivity index (χ3n) is 4.28. The predicted octanol–water partition coefficient (Wildman–Crippen LogP) is 4.65. The van der Waals surface area contributed by atoms with E-state index in [-0.39, 0.29) is 28.9 Å². The van der Waals surface area contributed by atoms with Crippen molar-refractivity contribution >= 4 is 16.7 Å². The number of fused-ring (bicyclic) bond motifs is 1. The van der Waals surface area contributed by atoms with Crippen LogP contribution in [0.15, 0.2) is 65.1 Å². The molecule has 1 heterocycles. The summed E-state index contributed by atoms with van der Waals surface area (Å²) in [6.07, 6.45) is -0.833. The highest BCUT2D eigenvalue weighted by Crippen LogP contribution is 2.30. The van der Waals surface area contributed by atoms with Crippen molar-refractivity contribution in [3.63, 3.8) is 0 Å². The van der Waals surface area contributed by atoms with E-state index in [0.29, 0.717) is 10.9 Å². The molecule has 0 amide bonds. The van der Waals surface area contributed by atoms with E-state index in [2.05, 4.69) is 10.2 Å². The summed E-state index contributed by atoms with van der Waals surface area (Å²) in [5.74, 6) is -0.953. The largest absolute Gasteiger partial charge is 0.506 e. The van der Waals surface area contributed by atoms with E-state index in [9.17, 15) is 14.3 Å². The molecule has 1 atom stereocenters. The van der Waals surface area contributed by atoms with Gasteiger partial charge < -0.3 is 14.3 Å². The first kappa shape index (κ1) is 17.7. The van der Waals surface area contributed by atoms with Gasteiger partial charge in [-0.1, -0.05) is 30.3 Å². The molecule has 140 valence electrons. The number of phenolic OH excluding ortho intramolecular Hbond substituents is 1. The summed E-state index contributed by atoms with van der Waals surface area (Å²) in [7, 11) is 0. The fourth-order valence-electron chi connectivity index (χ4n) is 2.80. The van der Waals surface area contributed by atoms with Crippen LogP contribution in [0.1, 0.15) is 29.3 Å². The Bertz CT molecular complexity index is 1150. The van der Waals surface area contributed by atoms with Crippen LogP contribution in [0.4, 0.5) is 4.39 Å². The molecule has 0 aliphatic carbocycles. The molecule has 6 nitrogen and oxygen atoms in total. The smallest absolute Gasteiger partial charge is 0.342 e. The van der Waals surface area contributed by atoms with Crippen LogP contribution >= 0.6 is 0 Å². The Morgan fingerprint density at radius 3 is 2.61 bits per heavy atom. The van der Waals surface area contributed by atoms with Crippen molar-refractivity contribution in [3.8, 4) is 17.2 Å². The zero-order valence-corrected chi connectivity index (χ0v) is 14.8. The number of phenols is 1. The van der Waals surface area contributed by atoms with Crippen molar-refractivity contribution in [3.05, 3.63) is 77.9 Å². The lowest BCUT2D eigenvalue weighted by atomic mass is 10.1. The lowest BCUT2D eigenvalue weighted by Gasteiger charge is -2.11. The third kappa shape index (κ3) is 3.29. The molecule has 4 rings (SSSR count). The molecule has 7 heteroatoms. The third-order valence-corrected chi connectivity index (χ3v) is 4.28. The van der Waals surface area contributed by atoms with Gasteiger partial charge in [0.05, 0.1) is 0 Å². The summed E-state index contributed by atoms with van der Waals surface area (Å²) < 4.78 is 23.9. The highest BCUT2D eigenvalue weighted by molar-refractivity contribution is 6.01. The number of carbonyl (C=O) groups excluding carboxylic acids is 1. The first-order chi connectivity index (χ1) is 13.5. The Labute approximate surface area is 159 Å². The minimum absolute atomic E-state index is 0.0452. The molecule has 0 saturated heterocycles. The van der Waals surface area contributed by atoms with E-state index < -0.39 is 12.1 Å². The molecular formula is C21H15FN2O4. The number of aromatic hydroxyl groups is 1. The maximum atomic E-state index is 13.0. The standard InChI is InChI=1S/C21H15FN2O4/c1-12(19-23-24-20(28-19)14-6-9-15(22)10-7-14)27-21(26)17-11-8-13-4-2-3-5-16(13)18(17)25/h2-12,25H,1H3/t12-/m0/s1. The van der Waals surface area contributed by atoms with Crippen LogP contribution in [0.3, 0.4) is 0 Å². The van der Waals surface area contributed by atoms with Gasteiger partial charge in [-0.2, -0.15) is 0 Å². The van der Waals surface area contributed by atoms with Gasteiger partial charge in [-0.3, -0.25) is 0 Å². The van der Waals surface area contributed by atoms with E-state index in [1.54, 1.807) is 25.1 Å². The molecule has 0 radical (unpaired) electrons. The van der Waals surface area contributed by atoms with Crippen molar-refractivity contribution in [2.24, 2.45) is 0 Å². The summed E-state index contributed by atoms with van der Waals surface area (Å²) in [4.78, 5) is 12.5. The van der Waals surface area contributed by atoms with E-state index in [1.807, 2.05) is 12.1 Å². The second-order valence-electron chi connectivity index (χ2n) is 6.18. The average Bonchev–Trinajstić information content (AvgIpc) is 3.19. The number of ether oxygens (including phenoxy) is 1. The van der Waals surface area contributed by atoms with Crippen LogP contribution in [-0.4, -0.2) is 21.3 Å². The van der Waals surface area contributed by atoms with E-state index in [1.165, 1.54) is 30.3 Å². The van der Waals surface area contributed by atoms with Gasteiger partial charge in [0.1, 0.15) is 17.1 Å². The van der Waals surface area contributed by atoms with Gasteiger partial charge in [0.2, 0.25) is 5.89 Å². The topological polar surface area (TPSA) is 85.5 Å². The maximum Gasteiger partial charge on any atom is 0.342 e. The molecule has 0 aliphatic heterocycles. The van der Waals surface area contributed by atoms with Gasteiger partial charge in [0.15, 0.2) is 6.10 Å². The molecule has 1 N–H and O–H groups in total. The Morgan fingerprint density at radius 1 is 1.07 bits per heavy atom. The summed E-state index contributed by atoms with van der Waals surface area (Å²) in [5.41, 5.74) is 0.592. The summed E-state index contributed by atoms with van der Waals surface area (Å²) >= 11 is 0. The number of carbonyl (C=O) groups is 1. The number of esters is 1. The van der Waals surface area contributed by atoms with Crippen LogP contribution in [0.25, 0.3) is 22.2 Å². The first-order valence-corrected chi connectivity index (χ1v) is 8.54. The molecule has 0 unspecified atom stereocenters. The molecule has 0 saturated carbocycles. The number of nitrogens with zero attached hydrogens (tertiary/aromatic N) is 2. The van der Waals surface area contributed by atoms with E-state index in [0.717, 1.165) is 5.39 Å². The molecule has 4 aromatic rings. The highest BCUT2D eigenvalue weighted by atomic mass is 19.1. The molecule has 28 heavy (non-hydrogen) atoms. The zero-order valence-electron chi connectivity index (χ0n) is 14.8.